The Hall–Kier alpha value is -3.92. The fourth-order valence-corrected chi connectivity index (χ4v) is 4.59. The van der Waals surface area contributed by atoms with Crippen LogP contribution < -0.4 is 5.63 Å². The van der Waals surface area contributed by atoms with Crippen molar-refractivity contribution in [2.75, 3.05) is 0 Å². The van der Waals surface area contributed by atoms with Crippen LogP contribution in [0.3, 0.4) is 0 Å². The predicted molar refractivity (Wildman–Crippen MR) is 126 cm³/mol. The summed E-state index contributed by atoms with van der Waals surface area (Å²) in [5.74, 6) is 0. The predicted octanol–water partition coefficient (Wildman–Crippen LogP) is 6.06. The molecular weight excluding hydrogens is 384 g/mol. The van der Waals surface area contributed by atoms with Gasteiger partial charge in [-0.3, -0.25) is 0 Å². The molecule has 4 heteroatoms. The van der Waals surface area contributed by atoms with Crippen molar-refractivity contribution in [3.8, 4) is 0 Å². The van der Waals surface area contributed by atoms with Crippen LogP contribution in [0, 0.1) is 0 Å². The molecule has 150 valence electrons. The molecule has 3 aromatic carbocycles. The number of hydrogen-bond donors (Lipinski definition) is 0. The lowest BCUT2D eigenvalue weighted by Gasteiger charge is -2.09. The molecule has 0 amide bonds. The molecule has 0 bridgehead atoms. The van der Waals surface area contributed by atoms with Crippen LogP contribution in [0.2, 0.25) is 0 Å². The fraction of sp³-hybridized carbons (Fsp3) is 0.111. The van der Waals surface area contributed by atoms with Crippen molar-refractivity contribution in [2.45, 2.75) is 19.9 Å². The molecule has 0 spiro atoms. The average molecular weight is 404 g/mol. The molecule has 6 rings (SSSR count). The maximum absolute atomic E-state index is 13.1. The van der Waals surface area contributed by atoms with Crippen molar-refractivity contribution in [1.82, 2.24) is 9.55 Å². The Kier molecular flexibility index (Phi) is 3.93. The molecule has 0 atom stereocenters. The van der Waals surface area contributed by atoms with E-state index in [2.05, 4.69) is 65.0 Å². The smallest absolute Gasteiger partial charge is 0.362 e. The van der Waals surface area contributed by atoms with Gasteiger partial charge in [-0.15, -0.1) is 0 Å². The molecule has 0 aliphatic heterocycles. The summed E-state index contributed by atoms with van der Waals surface area (Å²) in [6.45, 7) is 2.73. The van der Waals surface area contributed by atoms with E-state index in [-0.39, 0.29) is 5.63 Å². The van der Waals surface area contributed by atoms with Gasteiger partial charge in [0.05, 0.1) is 0 Å². The fourth-order valence-electron chi connectivity index (χ4n) is 4.59. The Morgan fingerprint density at radius 1 is 0.871 bits per heavy atom. The number of hydrogen-bond acceptors (Lipinski definition) is 3. The van der Waals surface area contributed by atoms with E-state index in [1.807, 2.05) is 24.3 Å². The van der Waals surface area contributed by atoms with Crippen LogP contribution in [0.25, 0.3) is 43.7 Å². The summed E-state index contributed by atoms with van der Waals surface area (Å²) in [7, 11) is 0. The Balaban J connectivity index is 1.69. The van der Waals surface area contributed by atoms with Gasteiger partial charge in [-0.05, 0) is 58.7 Å². The highest BCUT2D eigenvalue weighted by atomic mass is 16.4. The Bertz CT molecular complexity index is 1670. The van der Waals surface area contributed by atoms with Gasteiger partial charge in [0.2, 0.25) is 5.71 Å². The maximum atomic E-state index is 13.1. The van der Waals surface area contributed by atoms with Crippen LogP contribution in [0.15, 0.2) is 88.2 Å². The first-order valence-corrected chi connectivity index (χ1v) is 10.5. The van der Waals surface area contributed by atoms with E-state index in [1.165, 1.54) is 16.3 Å². The summed E-state index contributed by atoms with van der Waals surface area (Å²) in [5, 5.41) is 5.26. The van der Waals surface area contributed by atoms with E-state index in [1.54, 1.807) is 6.20 Å². The van der Waals surface area contributed by atoms with Gasteiger partial charge in [0.1, 0.15) is 5.52 Å². The molecule has 4 nitrogen and oxygen atoms in total. The van der Waals surface area contributed by atoms with Crippen LogP contribution in [-0.4, -0.2) is 9.55 Å². The maximum Gasteiger partial charge on any atom is 0.362 e. The van der Waals surface area contributed by atoms with E-state index >= 15 is 0 Å². The van der Waals surface area contributed by atoms with Crippen molar-refractivity contribution in [3.63, 3.8) is 0 Å². The largest absolute Gasteiger partial charge is 0.402 e. The van der Waals surface area contributed by atoms with Crippen molar-refractivity contribution in [3.05, 3.63) is 101 Å². The van der Waals surface area contributed by atoms with Crippen molar-refractivity contribution in [1.29, 1.82) is 0 Å². The van der Waals surface area contributed by atoms with Crippen LogP contribution in [-0.2, 0) is 13.0 Å². The monoisotopic (exact) mass is 404 g/mol. The summed E-state index contributed by atoms with van der Waals surface area (Å²) in [4.78, 5) is 17.4. The number of aromatic nitrogens is 2. The summed E-state index contributed by atoms with van der Waals surface area (Å²) < 4.78 is 7.71. The number of rotatable bonds is 3. The highest BCUT2D eigenvalue weighted by Crippen LogP contribution is 2.33. The van der Waals surface area contributed by atoms with Crippen LogP contribution >= 0.6 is 0 Å². The van der Waals surface area contributed by atoms with E-state index < -0.39 is 0 Å². The van der Waals surface area contributed by atoms with Crippen molar-refractivity contribution >= 4 is 43.7 Å². The zero-order valence-corrected chi connectivity index (χ0v) is 17.1. The third-order valence-corrected chi connectivity index (χ3v) is 6.11. The number of fused-ring (bicyclic) bond motifs is 6. The number of benzene rings is 3. The second kappa shape index (κ2) is 6.81. The first kappa shape index (κ1) is 17.9. The quantitative estimate of drug-likeness (QED) is 0.360. The highest BCUT2D eigenvalue weighted by molar-refractivity contribution is 6.18. The van der Waals surface area contributed by atoms with Crippen LogP contribution in [0.5, 0.6) is 0 Å². The minimum absolute atomic E-state index is 0.351. The molecule has 3 aromatic heterocycles. The van der Waals surface area contributed by atoms with Crippen molar-refractivity contribution in [2.24, 2.45) is 0 Å². The average Bonchev–Trinajstić information content (AvgIpc) is 3.13. The first-order valence-electron chi connectivity index (χ1n) is 10.5. The Labute approximate surface area is 178 Å². The van der Waals surface area contributed by atoms with E-state index in [0.29, 0.717) is 17.8 Å². The third-order valence-electron chi connectivity index (χ3n) is 6.11. The molecule has 0 fully saturated rings. The van der Waals surface area contributed by atoms with Gasteiger partial charge in [-0.1, -0.05) is 49.4 Å². The zero-order chi connectivity index (χ0) is 20.9. The van der Waals surface area contributed by atoms with Gasteiger partial charge >= 0.3 is 5.63 Å². The molecule has 0 aliphatic carbocycles. The minimum atomic E-state index is -0.351. The molecular formula is C27H20N2O2. The molecule has 0 aliphatic rings. The second-order valence-corrected chi connectivity index (χ2v) is 7.94. The lowest BCUT2D eigenvalue weighted by molar-refractivity contribution is 0.553. The third kappa shape index (κ3) is 2.76. The van der Waals surface area contributed by atoms with Gasteiger partial charge in [0.25, 0.3) is 0 Å². The first-order chi connectivity index (χ1) is 15.2. The highest BCUT2D eigenvalue weighted by Gasteiger charge is 2.19. The number of aryl methyl sites for hydroxylation is 1. The van der Waals surface area contributed by atoms with Crippen LogP contribution in [0.1, 0.15) is 18.1 Å². The molecule has 0 unspecified atom stereocenters. The molecule has 0 N–H and O–H groups in total. The Morgan fingerprint density at radius 3 is 2.58 bits per heavy atom. The van der Waals surface area contributed by atoms with E-state index in [4.69, 9.17) is 4.42 Å². The molecule has 3 heterocycles. The van der Waals surface area contributed by atoms with Crippen molar-refractivity contribution < 1.29 is 4.42 Å². The molecule has 0 saturated heterocycles. The van der Waals surface area contributed by atoms with E-state index in [0.717, 1.165) is 33.7 Å². The summed E-state index contributed by atoms with van der Waals surface area (Å²) in [5.41, 5.74) is 4.04. The summed E-state index contributed by atoms with van der Waals surface area (Å²) in [6.07, 6.45) is 2.59. The minimum Gasteiger partial charge on any atom is -0.402 e. The number of pyridine rings is 1. The molecule has 0 saturated carbocycles. The Morgan fingerprint density at radius 2 is 1.71 bits per heavy atom. The van der Waals surface area contributed by atoms with E-state index in [9.17, 15) is 4.79 Å². The zero-order valence-electron chi connectivity index (χ0n) is 17.1. The summed E-state index contributed by atoms with van der Waals surface area (Å²) >= 11 is 0. The molecule has 31 heavy (non-hydrogen) atoms. The lowest BCUT2D eigenvalue weighted by atomic mass is 10.1. The van der Waals surface area contributed by atoms with Gasteiger partial charge in [0.15, 0.2) is 0 Å². The normalized spacial score (nSPS) is 11.8. The second-order valence-electron chi connectivity index (χ2n) is 7.94. The van der Waals surface area contributed by atoms with Gasteiger partial charge < -0.3 is 8.98 Å². The molecule has 6 aromatic rings. The van der Waals surface area contributed by atoms with Gasteiger partial charge in [0, 0.05) is 34.4 Å². The standard InChI is InChI=1S/C27H20N2O2/c1-2-17-10-12-23-22(15-17)24-21-8-5-13-28-26(21)31-27(30)25(24)29(23)16-18-9-11-19-6-3-4-7-20(19)14-18/h3-15H,2,16H2,1H3. The topological polar surface area (TPSA) is 48.0 Å². The SMILES string of the molecule is CCc1ccc2c(c1)c1c3cccnc3oc(=O)c1n2Cc1ccc2ccccc2c1. The lowest BCUT2D eigenvalue weighted by Crippen LogP contribution is -2.08. The number of nitrogens with zero attached hydrogens (tertiary/aromatic N) is 2. The van der Waals surface area contributed by atoms with Gasteiger partial charge in [-0.25, -0.2) is 9.78 Å². The van der Waals surface area contributed by atoms with Crippen LogP contribution in [0.4, 0.5) is 0 Å². The summed E-state index contributed by atoms with van der Waals surface area (Å²) in [6, 6.07) is 25.1. The molecule has 0 radical (unpaired) electrons. The van der Waals surface area contributed by atoms with Gasteiger partial charge in [-0.2, -0.15) is 0 Å².